The van der Waals surface area contributed by atoms with Crippen molar-refractivity contribution in [2.24, 2.45) is 5.92 Å². The lowest BCUT2D eigenvalue weighted by atomic mass is 10.1. The Hall–Kier alpha value is 0.200. The Bertz CT molecular complexity index is 240. The first-order valence-corrected chi connectivity index (χ1v) is 6.43. The van der Waals surface area contributed by atoms with Crippen molar-refractivity contribution in [2.45, 2.75) is 12.8 Å². The fraction of sp³-hybridized carbons (Fsp3) is 1.00. The van der Waals surface area contributed by atoms with Crippen molar-refractivity contribution < 1.29 is 8.42 Å². The number of hydrogen-bond acceptors (Lipinski definition) is 2. The monoisotopic (exact) mass is 211 g/mol. The van der Waals surface area contributed by atoms with Crippen LogP contribution >= 0.6 is 11.6 Å². The van der Waals surface area contributed by atoms with Gasteiger partial charge in [0.15, 0.2) is 0 Å². The Balaban J connectivity index is 2.46. The molecule has 0 bridgehead atoms. The first-order valence-electron chi connectivity index (χ1n) is 4.05. The highest BCUT2D eigenvalue weighted by molar-refractivity contribution is 7.88. The van der Waals surface area contributed by atoms with E-state index in [1.54, 1.807) is 0 Å². The standard InChI is InChI=1S/C7H14ClNO2S/c1-12(10,11)9-5-3-7(6-9)2-4-8/h7H,2-6H2,1H3. The van der Waals surface area contributed by atoms with Crippen LogP contribution in [0.25, 0.3) is 0 Å². The molecule has 1 saturated heterocycles. The molecule has 1 aliphatic heterocycles. The molecule has 0 spiro atoms. The summed E-state index contributed by atoms with van der Waals surface area (Å²) in [7, 11) is -2.96. The number of nitrogens with zero attached hydrogens (tertiary/aromatic N) is 1. The SMILES string of the molecule is CS(=O)(=O)N1CCC(CCCl)C1. The summed E-state index contributed by atoms with van der Waals surface area (Å²) in [6, 6.07) is 0. The normalized spacial score (nSPS) is 26.3. The summed E-state index contributed by atoms with van der Waals surface area (Å²) in [4.78, 5) is 0. The first-order chi connectivity index (χ1) is 5.54. The van der Waals surface area contributed by atoms with Crippen LogP contribution in [0.4, 0.5) is 0 Å². The minimum atomic E-state index is -2.96. The molecular weight excluding hydrogens is 198 g/mol. The molecule has 1 rings (SSSR count). The van der Waals surface area contributed by atoms with Crippen molar-refractivity contribution in [1.82, 2.24) is 4.31 Å². The fourth-order valence-corrected chi connectivity index (χ4v) is 2.72. The van der Waals surface area contributed by atoms with Crippen LogP contribution in [0, 0.1) is 5.92 Å². The lowest BCUT2D eigenvalue weighted by Gasteiger charge is -2.12. The molecule has 1 atom stereocenters. The van der Waals surface area contributed by atoms with E-state index in [1.165, 1.54) is 10.6 Å². The largest absolute Gasteiger partial charge is 0.213 e. The Labute approximate surface area is 78.7 Å². The van der Waals surface area contributed by atoms with Crippen LogP contribution in [-0.4, -0.2) is 37.9 Å². The van der Waals surface area contributed by atoms with E-state index in [4.69, 9.17) is 11.6 Å². The van der Waals surface area contributed by atoms with Crippen LogP contribution in [0.2, 0.25) is 0 Å². The molecule has 0 saturated carbocycles. The zero-order valence-electron chi connectivity index (χ0n) is 7.16. The summed E-state index contributed by atoms with van der Waals surface area (Å²) >= 11 is 5.58. The highest BCUT2D eigenvalue weighted by atomic mass is 35.5. The highest BCUT2D eigenvalue weighted by Crippen LogP contribution is 2.21. The number of sulfonamides is 1. The van der Waals surface area contributed by atoms with Gasteiger partial charge < -0.3 is 0 Å². The van der Waals surface area contributed by atoms with E-state index in [0.29, 0.717) is 24.9 Å². The Morgan fingerprint density at radius 1 is 1.58 bits per heavy atom. The molecule has 72 valence electrons. The van der Waals surface area contributed by atoms with Crippen molar-refractivity contribution in [3.05, 3.63) is 0 Å². The van der Waals surface area contributed by atoms with E-state index >= 15 is 0 Å². The first kappa shape index (κ1) is 10.3. The Kier molecular flexibility index (Phi) is 3.37. The van der Waals surface area contributed by atoms with Gasteiger partial charge in [-0.05, 0) is 18.8 Å². The van der Waals surface area contributed by atoms with Crippen molar-refractivity contribution in [2.75, 3.05) is 25.2 Å². The molecular formula is C7H14ClNO2S. The molecule has 3 nitrogen and oxygen atoms in total. The van der Waals surface area contributed by atoms with Gasteiger partial charge in [-0.3, -0.25) is 0 Å². The molecule has 1 unspecified atom stereocenters. The molecule has 0 amide bonds. The van der Waals surface area contributed by atoms with E-state index in [1.807, 2.05) is 0 Å². The van der Waals surface area contributed by atoms with Gasteiger partial charge in [0, 0.05) is 19.0 Å². The summed E-state index contributed by atoms with van der Waals surface area (Å²) < 4.78 is 23.7. The van der Waals surface area contributed by atoms with Crippen LogP contribution < -0.4 is 0 Å². The third kappa shape index (κ3) is 2.61. The quantitative estimate of drug-likeness (QED) is 0.651. The molecule has 0 aromatic carbocycles. The van der Waals surface area contributed by atoms with Gasteiger partial charge in [0.1, 0.15) is 0 Å². The van der Waals surface area contributed by atoms with E-state index in [0.717, 1.165) is 12.8 Å². The number of hydrogen-bond donors (Lipinski definition) is 0. The zero-order chi connectivity index (χ0) is 9.19. The van der Waals surface area contributed by atoms with Gasteiger partial charge in [-0.15, -0.1) is 11.6 Å². The molecule has 12 heavy (non-hydrogen) atoms. The van der Waals surface area contributed by atoms with Gasteiger partial charge in [0.05, 0.1) is 6.26 Å². The maximum absolute atomic E-state index is 11.1. The highest BCUT2D eigenvalue weighted by Gasteiger charge is 2.27. The molecule has 5 heteroatoms. The third-order valence-corrected chi connectivity index (χ3v) is 3.72. The molecule has 1 fully saturated rings. The van der Waals surface area contributed by atoms with Gasteiger partial charge in [-0.1, -0.05) is 0 Å². The maximum atomic E-state index is 11.1. The molecule has 1 aliphatic rings. The smallest absolute Gasteiger partial charge is 0.211 e. The van der Waals surface area contributed by atoms with Gasteiger partial charge in [0.2, 0.25) is 10.0 Å². The molecule has 0 aliphatic carbocycles. The summed E-state index contributed by atoms with van der Waals surface area (Å²) in [6.45, 7) is 1.33. The molecule has 0 aromatic heterocycles. The van der Waals surface area contributed by atoms with Crippen molar-refractivity contribution in [1.29, 1.82) is 0 Å². The van der Waals surface area contributed by atoms with Gasteiger partial charge in [0.25, 0.3) is 0 Å². The van der Waals surface area contributed by atoms with Crippen molar-refractivity contribution in [3.63, 3.8) is 0 Å². The fourth-order valence-electron chi connectivity index (χ4n) is 1.49. The summed E-state index contributed by atoms with van der Waals surface area (Å²) in [5.74, 6) is 1.10. The lowest BCUT2D eigenvalue weighted by Crippen LogP contribution is -2.27. The number of rotatable bonds is 3. The minimum absolute atomic E-state index is 0.470. The molecule has 0 aromatic rings. The van der Waals surface area contributed by atoms with E-state index in [9.17, 15) is 8.42 Å². The van der Waals surface area contributed by atoms with E-state index in [-0.39, 0.29) is 0 Å². The van der Waals surface area contributed by atoms with Crippen LogP contribution in [0.1, 0.15) is 12.8 Å². The van der Waals surface area contributed by atoms with E-state index in [2.05, 4.69) is 0 Å². The van der Waals surface area contributed by atoms with Gasteiger partial charge in [-0.25, -0.2) is 12.7 Å². The second-order valence-electron chi connectivity index (χ2n) is 3.25. The van der Waals surface area contributed by atoms with Crippen LogP contribution in [-0.2, 0) is 10.0 Å². The number of alkyl halides is 1. The van der Waals surface area contributed by atoms with Crippen LogP contribution in [0.3, 0.4) is 0 Å². The molecule has 0 N–H and O–H groups in total. The average molecular weight is 212 g/mol. The summed E-state index contributed by atoms with van der Waals surface area (Å²) in [6.07, 6.45) is 3.14. The van der Waals surface area contributed by atoms with Crippen LogP contribution in [0.15, 0.2) is 0 Å². The number of halogens is 1. The van der Waals surface area contributed by atoms with Crippen LogP contribution in [0.5, 0.6) is 0 Å². The van der Waals surface area contributed by atoms with E-state index < -0.39 is 10.0 Å². The van der Waals surface area contributed by atoms with Crippen molar-refractivity contribution >= 4 is 21.6 Å². The summed E-state index contributed by atoms with van der Waals surface area (Å²) in [5, 5.41) is 0. The predicted octanol–water partition coefficient (Wildman–Crippen LogP) is 0.897. The molecule has 1 heterocycles. The average Bonchev–Trinajstić information content (AvgIpc) is 2.35. The second-order valence-corrected chi connectivity index (χ2v) is 5.61. The van der Waals surface area contributed by atoms with Crippen molar-refractivity contribution in [3.8, 4) is 0 Å². The summed E-state index contributed by atoms with van der Waals surface area (Å²) in [5.41, 5.74) is 0. The van der Waals surface area contributed by atoms with Gasteiger partial charge in [-0.2, -0.15) is 0 Å². The van der Waals surface area contributed by atoms with Gasteiger partial charge >= 0.3 is 0 Å². The topological polar surface area (TPSA) is 37.4 Å². The zero-order valence-corrected chi connectivity index (χ0v) is 8.74. The molecule has 0 radical (unpaired) electrons. The third-order valence-electron chi connectivity index (χ3n) is 2.23. The predicted molar refractivity (Wildman–Crippen MR) is 49.9 cm³/mol. The Morgan fingerprint density at radius 3 is 2.67 bits per heavy atom. The maximum Gasteiger partial charge on any atom is 0.211 e. The Morgan fingerprint density at radius 2 is 2.25 bits per heavy atom. The lowest BCUT2D eigenvalue weighted by molar-refractivity contribution is 0.458. The minimum Gasteiger partial charge on any atom is -0.213 e. The second kappa shape index (κ2) is 3.94.